The maximum Gasteiger partial charge on any atom is 0.272 e. The molecule has 0 saturated heterocycles. The molecule has 0 bridgehead atoms. The van der Waals surface area contributed by atoms with E-state index >= 15 is 0 Å². The second-order valence-corrected chi connectivity index (χ2v) is 5.94. The number of phenolic OH excluding ortho intramolecular Hbond substituents is 1. The molecule has 0 aromatic heterocycles. The van der Waals surface area contributed by atoms with Crippen molar-refractivity contribution in [3.8, 4) is 11.5 Å². The summed E-state index contributed by atoms with van der Waals surface area (Å²) in [6.45, 7) is 0. The molecule has 0 atom stereocenters. The predicted octanol–water partition coefficient (Wildman–Crippen LogP) is 3.69. The zero-order chi connectivity index (χ0) is 16.1. The van der Waals surface area contributed by atoms with E-state index < -0.39 is 0 Å². The summed E-state index contributed by atoms with van der Waals surface area (Å²) in [5.74, 6) is -0.00891. The van der Waals surface area contributed by atoms with Crippen LogP contribution in [0.4, 0.5) is 0 Å². The highest BCUT2D eigenvalue weighted by atomic mass is 79.9. The van der Waals surface area contributed by atoms with Crippen LogP contribution in [0.2, 0.25) is 0 Å². The summed E-state index contributed by atoms with van der Waals surface area (Å²) in [5, 5.41) is 13.7. The molecule has 2 aromatic carbocycles. The molecule has 2 aromatic rings. The number of phenols is 1. The number of carbonyl (C=O) groups is 1. The minimum absolute atomic E-state index is 0.0181. The van der Waals surface area contributed by atoms with E-state index in [9.17, 15) is 9.90 Å². The maximum absolute atomic E-state index is 12.0. The number of rotatable bonds is 4. The smallest absolute Gasteiger partial charge is 0.272 e. The van der Waals surface area contributed by atoms with Gasteiger partial charge in [-0.05, 0) is 61.7 Å². The summed E-state index contributed by atoms with van der Waals surface area (Å²) < 4.78 is 6.31. The Morgan fingerprint density at radius 1 is 1.27 bits per heavy atom. The first kappa shape index (κ1) is 16.5. The van der Waals surface area contributed by atoms with Gasteiger partial charge in [0.05, 0.1) is 23.4 Å². The first-order valence-corrected chi connectivity index (χ1v) is 7.76. The van der Waals surface area contributed by atoms with Crippen LogP contribution in [0.3, 0.4) is 0 Å². The molecule has 0 aliphatic carbocycles. The third kappa shape index (κ3) is 3.86. The Bertz CT molecular complexity index is 709. The molecule has 2 N–H and O–H groups in total. The Morgan fingerprint density at radius 3 is 2.64 bits per heavy atom. The summed E-state index contributed by atoms with van der Waals surface area (Å²) in [5.41, 5.74) is 3.52. The topological polar surface area (TPSA) is 70.9 Å². The minimum Gasteiger partial charge on any atom is -0.504 e. The molecule has 0 aliphatic rings. The van der Waals surface area contributed by atoms with Crippen molar-refractivity contribution in [2.45, 2.75) is 0 Å². The van der Waals surface area contributed by atoms with Crippen molar-refractivity contribution in [3.63, 3.8) is 0 Å². The summed E-state index contributed by atoms with van der Waals surface area (Å²) in [6.07, 6.45) is 1.43. The highest BCUT2D eigenvalue weighted by Gasteiger charge is 2.09. The third-order valence-electron chi connectivity index (χ3n) is 2.75. The molecule has 7 heteroatoms. The van der Waals surface area contributed by atoms with Crippen LogP contribution in [0.25, 0.3) is 0 Å². The van der Waals surface area contributed by atoms with Gasteiger partial charge in [0, 0.05) is 4.47 Å². The van der Waals surface area contributed by atoms with Crippen LogP contribution in [-0.2, 0) is 0 Å². The summed E-state index contributed by atoms with van der Waals surface area (Å²) in [7, 11) is 1.46. The van der Waals surface area contributed by atoms with Crippen LogP contribution in [0, 0.1) is 0 Å². The van der Waals surface area contributed by atoms with E-state index in [-0.39, 0.29) is 11.7 Å². The largest absolute Gasteiger partial charge is 0.504 e. The van der Waals surface area contributed by atoms with Gasteiger partial charge in [0.2, 0.25) is 0 Å². The van der Waals surface area contributed by atoms with Crippen LogP contribution in [-0.4, -0.2) is 24.3 Å². The Balaban J connectivity index is 2.10. The van der Waals surface area contributed by atoms with E-state index in [0.29, 0.717) is 25.8 Å². The SMILES string of the molecule is COc1c(O)cc(/C=N/NC(=O)c2ccccc2Br)cc1Br. The zero-order valence-electron chi connectivity index (χ0n) is 11.5. The summed E-state index contributed by atoms with van der Waals surface area (Å²) in [4.78, 5) is 12.0. The normalized spacial score (nSPS) is 10.7. The predicted molar refractivity (Wildman–Crippen MR) is 91.6 cm³/mol. The van der Waals surface area contributed by atoms with E-state index in [2.05, 4.69) is 42.4 Å². The van der Waals surface area contributed by atoms with E-state index in [1.165, 1.54) is 19.4 Å². The van der Waals surface area contributed by atoms with Gasteiger partial charge >= 0.3 is 0 Å². The fraction of sp³-hybridized carbons (Fsp3) is 0.0667. The van der Waals surface area contributed by atoms with Gasteiger partial charge in [0.15, 0.2) is 11.5 Å². The highest BCUT2D eigenvalue weighted by molar-refractivity contribution is 9.10. The molecule has 0 spiro atoms. The van der Waals surface area contributed by atoms with E-state index in [4.69, 9.17) is 4.74 Å². The number of hydrogen-bond donors (Lipinski definition) is 2. The van der Waals surface area contributed by atoms with E-state index in [1.54, 1.807) is 24.3 Å². The van der Waals surface area contributed by atoms with Crippen molar-refractivity contribution in [1.82, 2.24) is 5.43 Å². The lowest BCUT2D eigenvalue weighted by Crippen LogP contribution is -2.18. The Hall–Kier alpha value is -1.86. The van der Waals surface area contributed by atoms with Gasteiger partial charge in [-0.2, -0.15) is 5.10 Å². The third-order valence-corrected chi connectivity index (χ3v) is 4.03. The fourth-order valence-corrected chi connectivity index (χ4v) is 2.84. The van der Waals surface area contributed by atoms with Crippen LogP contribution in [0.1, 0.15) is 15.9 Å². The van der Waals surface area contributed by atoms with Crippen LogP contribution < -0.4 is 10.2 Å². The average Bonchev–Trinajstić information content (AvgIpc) is 2.47. The number of methoxy groups -OCH3 is 1. The number of aromatic hydroxyl groups is 1. The molecule has 114 valence electrons. The number of hydrazone groups is 1. The fourth-order valence-electron chi connectivity index (χ4n) is 1.75. The quantitative estimate of drug-likeness (QED) is 0.577. The molecule has 2 rings (SSSR count). The van der Waals surface area contributed by atoms with Crippen molar-refractivity contribution in [2.24, 2.45) is 5.10 Å². The van der Waals surface area contributed by atoms with Gasteiger partial charge in [-0.25, -0.2) is 5.43 Å². The van der Waals surface area contributed by atoms with Gasteiger partial charge in [-0.1, -0.05) is 12.1 Å². The lowest BCUT2D eigenvalue weighted by atomic mass is 10.2. The molecule has 0 unspecified atom stereocenters. The maximum atomic E-state index is 12.0. The van der Waals surface area contributed by atoms with Gasteiger partial charge in [-0.15, -0.1) is 0 Å². The van der Waals surface area contributed by atoms with Crippen molar-refractivity contribution >= 4 is 44.0 Å². The number of benzene rings is 2. The molecule has 0 fully saturated rings. The molecule has 0 saturated carbocycles. The van der Waals surface area contributed by atoms with Crippen molar-refractivity contribution in [1.29, 1.82) is 0 Å². The van der Waals surface area contributed by atoms with Crippen LogP contribution in [0.15, 0.2) is 50.4 Å². The van der Waals surface area contributed by atoms with Crippen molar-refractivity contribution in [3.05, 3.63) is 56.5 Å². The molecular formula is C15H12Br2N2O3. The lowest BCUT2D eigenvalue weighted by molar-refractivity contribution is 0.0954. The Morgan fingerprint density at radius 2 is 2.00 bits per heavy atom. The molecule has 0 radical (unpaired) electrons. The van der Waals surface area contributed by atoms with Crippen molar-refractivity contribution in [2.75, 3.05) is 7.11 Å². The Labute approximate surface area is 144 Å². The molecule has 5 nitrogen and oxygen atoms in total. The second kappa shape index (κ2) is 7.42. The summed E-state index contributed by atoms with van der Waals surface area (Å²) in [6, 6.07) is 10.2. The molecule has 1 amide bonds. The lowest BCUT2D eigenvalue weighted by Gasteiger charge is -2.06. The first-order chi connectivity index (χ1) is 10.5. The van der Waals surface area contributed by atoms with Gasteiger partial charge in [0.25, 0.3) is 5.91 Å². The molecule has 0 heterocycles. The van der Waals surface area contributed by atoms with E-state index in [0.717, 1.165) is 0 Å². The Kier molecular flexibility index (Phi) is 5.57. The summed E-state index contributed by atoms with van der Waals surface area (Å²) >= 11 is 6.59. The number of hydrogen-bond acceptors (Lipinski definition) is 4. The van der Waals surface area contributed by atoms with Gasteiger partial charge in [-0.3, -0.25) is 4.79 Å². The first-order valence-electron chi connectivity index (χ1n) is 6.17. The number of ether oxygens (including phenoxy) is 1. The number of nitrogens with zero attached hydrogens (tertiary/aromatic N) is 1. The standard InChI is InChI=1S/C15H12Br2N2O3/c1-22-14-12(17)6-9(7-13(14)20)8-18-19-15(21)10-4-2-3-5-11(10)16/h2-8,20H,1H3,(H,19,21)/b18-8+. The number of nitrogens with one attached hydrogen (secondary N) is 1. The zero-order valence-corrected chi connectivity index (χ0v) is 14.7. The molecule has 22 heavy (non-hydrogen) atoms. The van der Waals surface area contributed by atoms with Gasteiger partial charge < -0.3 is 9.84 Å². The number of amides is 1. The number of halogens is 2. The second-order valence-electron chi connectivity index (χ2n) is 4.23. The van der Waals surface area contributed by atoms with Crippen LogP contribution in [0.5, 0.6) is 11.5 Å². The monoisotopic (exact) mass is 426 g/mol. The minimum atomic E-state index is -0.333. The van der Waals surface area contributed by atoms with Gasteiger partial charge in [0.1, 0.15) is 0 Å². The molecular weight excluding hydrogens is 416 g/mol. The van der Waals surface area contributed by atoms with Crippen LogP contribution >= 0.6 is 31.9 Å². The van der Waals surface area contributed by atoms with E-state index in [1.807, 2.05) is 6.07 Å². The highest BCUT2D eigenvalue weighted by Crippen LogP contribution is 2.34. The van der Waals surface area contributed by atoms with Crippen molar-refractivity contribution < 1.29 is 14.6 Å². The number of carbonyl (C=O) groups excluding carboxylic acids is 1. The molecule has 0 aliphatic heterocycles. The average molecular weight is 428 g/mol.